The Bertz CT molecular complexity index is 563. The first kappa shape index (κ1) is 13.8. The highest BCUT2D eigenvalue weighted by atomic mass is 79.9. The van der Waals surface area contributed by atoms with Crippen molar-refractivity contribution in [2.75, 3.05) is 13.3 Å². The van der Waals surface area contributed by atoms with Crippen LogP contribution in [0.4, 0.5) is 4.39 Å². The first-order valence-electron chi connectivity index (χ1n) is 5.95. The number of ether oxygens (including phenoxy) is 1. The minimum absolute atomic E-state index is 0.0892. The maximum atomic E-state index is 12.0. The van der Waals surface area contributed by atoms with Crippen LogP contribution in [0.5, 0.6) is 5.75 Å². The van der Waals surface area contributed by atoms with Gasteiger partial charge in [-0.1, -0.05) is 46.8 Å². The summed E-state index contributed by atoms with van der Waals surface area (Å²) in [7, 11) is 0. The fourth-order valence-electron chi connectivity index (χ4n) is 1.75. The molecule has 98 valence electrons. The molecule has 2 aromatic rings. The molecule has 0 aliphatic carbocycles. The number of benzene rings is 2. The Balaban J connectivity index is 2.15. The van der Waals surface area contributed by atoms with E-state index in [9.17, 15) is 4.39 Å². The second-order valence-electron chi connectivity index (χ2n) is 4.05. The Morgan fingerprint density at radius 3 is 2.47 bits per heavy atom. The molecule has 0 bridgehead atoms. The molecule has 0 amide bonds. The van der Waals surface area contributed by atoms with E-state index in [0.717, 1.165) is 21.2 Å². The molecule has 3 heteroatoms. The van der Waals surface area contributed by atoms with Crippen molar-refractivity contribution in [3.63, 3.8) is 0 Å². The Hall–Kier alpha value is -1.61. The zero-order chi connectivity index (χ0) is 13.7. The van der Waals surface area contributed by atoms with E-state index in [1.54, 1.807) is 0 Å². The normalized spacial score (nSPS) is 10.2. The Morgan fingerprint density at radius 2 is 1.84 bits per heavy atom. The van der Waals surface area contributed by atoms with Gasteiger partial charge in [-0.2, -0.15) is 0 Å². The molecule has 0 atom stereocenters. The van der Waals surface area contributed by atoms with Crippen molar-refractivity contribution in [1.29, 1.82) is 0 Å². The summed E-state index contributed by atoms with van der Waals surface area (Å²) in [5.74, 6) is 0.670. The summed E-state index contributed by atoms with van der Waals surface area (Å²) in [6.07, 6.45) is 0. The van der Waals surface area contributed by atoms with Crippen LogP contribution in [0.25, 0.3) is 5.57 Å². The molecule has 0 heterocycles. The van der Waals surface area contributed by atoms with E-state index in [4.69, 9.17) is 4.74 Å². The fraction of sp³-hybridized carbons (Fsp3) is 0.125. The zero-order valence-corrected chi connectivity index (χ0v) is 12.0. The molecule has 0 saturated heterocycles. The highest BCUT2D eigenvalue weighted by Gasteiger charge is 2.03. The smallest absolute Gasteiger partial charge is 0.123 e. The van der Waals surface area contributed by atoms with Gasteiger partial charge in [0.1, 0.15) is 19.0 Å². The minimum atomic E-state index is -0.480. The largest absolute Gasteiger partial charge is 0.491 e. The number of halogens is 2. The quantitative estimate of drug-likeness (QED) is 0.764. The number of hydrogen-bond donors (Lipinski definition) is 0. The average Bonchev–Trinajstić information content (AvgIpc) is 2.45. The summed E-state index contributed by atoms with van der Waals surface area (Å²) >= 11 is 3.45. The van der Waals surface area contributed by atoms with E-state index in [1.807, 2.05) is 48.5 Å². The van der Waals surface area contributed by atoms with Crippen molar-refractivity contribution < 1.29 is 9.13 Å². The van der Waals surface area contributed by atoms with Gasteiger partial charge in [-0.3, -0.25) is 0 Å². The summed E-state index contributed by atoms with van der Waals surface area (Å²) in [6, 6.07) is 15.5. The van der Waals surface area contributed by atoms with Crippen LogP contribution in [0.2, 0.25) is 0 Å². The molecule has 0 radical (unpaired) electrons. The van der Waals surface area contributed by atoms with Crippen LogP contribution in [0.1, 0.15) is 11.1 Å². The van der Waals surface area contributed by atoms with Gasteiger partial charge in [0, 0.05) is 4.47 Å². The lowest BCUT2D eigenvalue weighted by Crippen LogP contribution is -1.98. The Labute approximate surface area is 120 Å². The monoisotopic (exact) mass is 320 g/mol. The molecule has 0 spiro atoms. The molecular formula is C16H14BrFO. The van der Waals surface area contributed by atoms with Crippen LogP contribution >= 0.6 is 15.9 Å². The summed E-state index contributed by atoms with van der Waals surface area (Å²) < 4.78 is 18.2. The van der Waals surface area contributed by atoms with E-state index in [-0.39, 0.29) is 6.61 Å². The van der Waals surface area contributed by atoms with Crippen LogP contribution in [-0.4, -0.2) is 13.3 Å². The van der Waals surface area contributed by atoms with Crippen molar-refractivity contribution >= 4 is 21.5 Å². The summed E-state index contributed by atoms with van der Waals surface area (Å²) in [4.78, 5) is 0. The molecular weight excluding hydrogens is 307 g/mol. The minimum Gasteiger partial charge on any atom is -0.491 e. The molecule has 1 nitrogen and oxygen atoms in total. The molecule has 2 rings (SSSR count). The van der Waals surface area contributed by atoms with Crippen LogP contribution in [0.15, 0.2) is 59.6 Å². The highest BCUT2D eigenvalue weighted by Crippen LogP contribution is 2.25. The topological polar surface area (TPSA) is 9.23 Å². The molecule has 0 aliphatic heterocycles. The van der Waals surface area contributed by atoms with E-state index >= 15 is 0 Å². The summed E-state index contributed by atoms with van der Waals surface area (Å²) in [5.41, 5.74) is 3.02. The average molecular weight is 321 g/mol. The molecule has 2 aromatic carbocycles. The predicted molar refractivity (Wildman–Crippen MR) is 80.2 cm³/mol. The predicted octanol–water partition coefficient (Wildman–Crippen LogP) is 4.86. The van der Waals surface area contributed by atoms with Gasteiger partial charge in [0.2, 0.25) is 0 Å². The van der Waals surface area contributed by atoms with Gasteiger partial charge in [0.05, 0.1) is 0 Å². The van der Waals surface area contributed by atoms with Gasteiger partial charge in [-0.25, -0.2) is 4.39 Å². The Kier molecular flexibility index (Phi) is 4.74. The van der Waals surface area contributed by atoms with Gasteiger partial charge in [-0.15, -0.1) is 0 Å². The van der Waals surface area contributed by atoms with E-state index < -0.39 is 6.67 Å². The number of alkyl halides is 1. The highest BCUT2D eigenvalue weighted by molar-refractivity contribution is 9.10. The van der Waals surface area contributed by atoms with Crippen LogP contribution in [0.3, 0.4) is 0 Å². The van der Waals surface area contributed by atoms with E-state index in [2.05, 4.69) is 22.5 Å². The summed E-state index contributed by atoms with van der Waals surface area (Å²) in [5, 5.41) is 0. The third-order valence-electron chi connectivity index (χ3n) is 2.72. The van der Waals surface area contributed by atoms with Crippen molar-refractivity contribution in [3.8, 4) is 5.75 Å². The first-order valence-corrected chi connectivity index (χ1v) is 6.74. The van der Waals surface area contributed by atoms with Crippen molar-refractivity contribution in [3.05, 3.63) is 70.7 Å². The van der Waals surface area contributed by atoms with Crippen LogP contribution in [0, 0.1) is 0 Å². The molecule has 0 aliphatic rings. The third kappa shape index (κ3) is 3.67. The fourth-order valence-corrected chi connectivity index (χ4v) is 2.15. The van der Waals surface area contributed by atoms with Crippen LogP contribution < -0.4 is 4.74 Å². The van der Waals surface area contributed by atoms with E-state index in [1.165, 1.54) is 0 Å². The lowest BCUT2D eigenvalue weighted by atomic mass is 10.00. The zero-order valence-electron chi connectivity index (χ0n) is 10.4. The maximum Gasteiger partial charge on any atom is 0.123 e. The second kappa shape index (κ2) is 6.53. The maximum absolute atomic E-state index is 12.0. The molecule has 0 fully saturated rings. The van der Waals surface area contributed by atoms with Crippen molar-refractivity contribution in [2.45, 2.75) is 0 Å². The lowest BCUT2D eigenvalue weighted by molar-refractivity contribution is 0.273. The first-order chi connectivity index (χ1) is 9.20. The molecule has 0 aromatic heterocycles. The second-order valence-corrected chi connectivity index (χ2v) is 4.97. The standard InChI is InChI=1S/C16H14BrFO/c1-12(14-3-2-4-15(17)11-14)13-5-7-16(8-6-13)19-10-9-18/h2-8,11H,1,9-10H2. The van der Waals surface area contributed by atoms with Gasteiger partial charge >= 0.3 is 0 Å². The molecule has 0 unspecified atom stereocenters. The van der Waals surface area contributed by atoms with Crippen molar-refractivity contribution in [1.82, 2.24) is 0 Å². The third-order valence-corrected chi connectivity index (χ3v) is 3.21. The molecule has 19 heavy (non-hydrogen) atoms. The van der Waals surface area contributed by atoms with Gasteiger partial charge in [0.25, 0.3) is 0 Å². The molecule has 0 saturated carbocycles. The number of hydrogen-bond acceptors (Lipinski definition) is 1. The number of rotatable bonds is 5. The van der Waals surface area contributed by atoms with Gasteiger partial charge in [-0.05, 0) is 41.0 Å². The lowest BCUT2D eigenvalue weighted by Gasteiger charge is -2.08. The van der Waals surface area contributed by atoms with Gasteiger partial charge in [0.15, 0.2) is 0 Å². The van der Waals surface area contributed by atoms with Crippen molar-refractivity contribution in [2.24, 2.45) is 0 Å². The SMILES string of the molecule is C=C(c1ccc(OCCF)cc1)c1cccc(Br)c1. The summed E-state index contributed by atoms with van der Waals surface area (Å²) in [6.45, 7) is 3.72. The Morgan fingerprint density at radius 1 is 1.11 bits per heavy atom. The van der Waals surface area contributed by atoms with Crippen LogP contribution in [-0.2, 0) is 0 Å². The van der Waals surface area contributed by atoms with Gasteiger partial charge < -0.3 is 4.74 Å². The molecule has 0 N–H and O–H groups in total. The van der Waals surface area contributed by atoms with E-state index in [0.29, 0.717) is 5.75 Å².